The molecular weight excluding hydrogens is 312 g/mol. The van der Waals surface area contributed by atoms with E-state index >= 15 is 0 Å². The highest BCUT2D eigenvalue weighted by molar-refractivity contribution is 5.84. The Hall–Kier alpha value is -3.32. The van der Waals surface area contributed by atoms with Crippen molar-refractivity contribution in [3.8, 4) is 17.6 Å². The summed E-state index contributed by atoms with van der Waals surface area (Å²) in [5.74, 6) is 1.16. The Morgan fingerprint density at radius 1 is 1.12 bits per heavy atom. The van der Waals surface area contributed by atoms with Crippen molar-refractivity contribution in [1.29, 1.82) is 5.26 Å². The minimum Gasteiger partial charge on any atom is -0.493 e. The first-order valence-electron chi connectivity index (χ1n) is 7.93. The Morgan fingerprint density at radius 2 is 1.96 bits per heavy atom. The van der Waals surface area contributed by atoms with Gasteiger partial charge < -0.3 is 9.47 Å². The molecule has 0 radical (unpaired) electrons. The molecule has 1 aromatic heterocycles. The lowest BCUT2D eigenvalue weighted by Gasteiger charge is -2.09. The number of fused-ring (bicyclic) bond motifs is 1. The van der Waals surface area contributed by atoms with Crippen LogP contribution in [0.25, 0.3) is 22.6 Å². The Labute approximate surface area is 147 Å². The quantitative estimate of drug-likeness (QED) is 0.680. The highest BCUT2D eigenvalue weighted by Gasteiger charge is 2.06. The van der Waals surface area contributed by atoms with Crippen LogP contribution in [0, 0.1) is 11.3 Å². The van der Waals surface area contributed by atoms with Crippen LogP contribution in [-0.2, 0) is 0 Å². The topological polar surface area (TPSA) is 55.1 Å². The number of nitrogens with zero attached hydrogens (tertiary/aromatic N) is 2. The fourth-order valence-corrected chi connectivity index (χ4v) is 2.61. The summed E-state index contributed by atoms with van der Waals surface area (Å²) in [4.78, 5) is 4.71. The number of ether oxygens (including phenoxy) is 2. The van der Waals surface area contributed by atoms with E-state index in [-0.39, 0.29) is 6.61 Å². The second-order valence-electron chi connectivity index (χ2n) is 5.57. The summed E-state index contributed by atoms with van der Waals surface area (Å²) in [7, 11) is 1.58. The van der Waals surface area contributed by atoms with E-state index in [2.05, 4.69) is 12.1 Å². The molecule has 0 fully saturated rings. The fourth-order valence-electron chi connectivity index (χ4n) is 2.61. The van der Waals surface area contributed by atoms with Crippen molar-refractivity contribution in [1.82, 2.24) is 4.98 Å². The third-order valence-electron chi connectivity index (χ3n) is 3.87. The summed E-state index contributed by atoms with van der Waals surface area (Å²) in [6.07, 6.45) is 2.05. The molecule has 0 aliphatic rings. The first-order valence-corrected chi connectivity index (χ1v) is 7.93. The predicted molar refractivity (Wildman–Crippen MR) is 99.4 cm³/mol. The molecule has 0 aliphatic carbocycles. The molecule has 0 unspecified atom stereocenters. The highest BCUT2D eigenvalue weighted by atomic mass is 16.5. The standard InChI is InChI=1S/C21H18N2O2/c1-15(18-9-8-17-5-3-4-6-19(17)23-18)13-16-7-10-20(25-12-11-22)21(14-16)24-2/h3-10,13-14H,12H2,1-2H3. The van der Waals surface area contributed by atoms with E-state index in [0.717, 1.165) is 27.7 Å². The lowest BCUT2D eigenvalue weighted by molar-refractivity contribution is 0.329. The van der Waals surface area contributed by atoms with Gasteiger partial charge in [0.05, 0.1) is 18.3 Å². The maximum absolute atomic E-state index is 8.63. The minimum atomic E-state index is -0.00835. The van der Waals surface area contributed by atoms with E-state index < -0.39 is 0 Å². The summed E-state index contributed by atoms with van der Waals surface area (Å²) in [6.45, 7) is 2.02. The van der Waals surface area contributed by atoms with Gasteiger partial charge >= 0.3 is 0 Å². The summed E-state index contributed by atoms with van der Waals surface area (Å²) >= 11 is 0. The van der Waals surface area contributed by atoms with E-state index in [1.165, 1.54) is 0 Å². The third-order valence-corrected chi connectivity index (χ3v) is 3.87. The van der Waals surface area contributed by atoms with Crippen molar-refractivity contribution >= 4 is 22.6 Å². The van der Waals surface area contributed by atoms with Crippen molar-refractivity contribution in [3.63, 3.8) is 0 Å². The second kappa shape index (κ2) is 7.50. The van der Waals surface area contributed by atoms with E-state index in [9.17, 15) is 0 Å². The van der Waals surface area contributed by atoms with Crippen LogP contribution in [0.4, 0.5) is 0 Å². The van der Waals surface area contributed by atoms with Crippen LogP contribution < -0.4 is 9.47 Å². The lowest BCUT2D eigenvalue weighted by Crippen LogP contribution is -1.96. The van der Waals surface area contributed by atoms with Gasteiger partial charge in [-0.1, -0.05) is 30.3 Å². The number of hydrogen-bond acceptors (Lipinski definition) is 4. The Kier molecular flexibility index (Phi) is 4.96. The maximum Gasteiger partial charge on any atom is 0.174 e. The van der Waals surface area contributed by atoms with Gasteiger partial charge in [0.15, 0.2) is 18.1 Å². The van der Waals surface area contributed by atoms with Crippen molar-refractivity contribution in [2.75, 3.05) is 13.7 Å². The van der Waals surface area contributed by atoms with Crippen LogP contribution in [0.3, 0.4) is 0 Å². The molecule has 0 saturated heterocycles. The number of pyridine rings is 1. The number of allylic oxidation sites excluding steroid dienone is 1. The molecule has 0 N–H and O–H groups in total. The number of methoxy groups -OCH3 is 1. The van der Waals surface area contributed by atoms with Crippen LogP contribution in [0.2, 0.25) is 0 Å². The molecule has 1 heterocycles. The average Bonchev–Trinajstić information content (AvgIpc) is 2.66. The number of rotatable bonds is 5. The predicted octanol–water partition coefficient (Wildman–Crippen LogP) is 4.71. The minimum absolute atomic E-state index is 0.00835. The molecule has 0 amide bonds. The van der Waals surface area contributed by atoms with Gasteiger partial charge in [-0.3, -0.25) is 0 Å². The maximum atomic E-state index is 8.63. The fraction of sp³-hybridized carbons (Fsp3) is 0.143. The van der Waals surface area contributed by atoms with Crippen LogP contribution in [-0.4, -0.2) is 18.7 Å². The van der Waals surface area contributed by atoms with Crippen LogP contribution >= 0.6 is 0 Å². The van der Waals surface area contributed by atoms with E-state index in [1.807, 2.05) is 61.5 Å². The number of aromatic nitrogens is 1. The van der Waals surface area contributed by atoms with Crippen LogP contribution in [0.5, 0.6) is 11.5 Å². The average molecular weight is 330 g/mol. The first kappa shape index (κ1) is 16.5. The first-order chi connectivity index (χ1) is 12.2. The van der Waals surface area contributed by atoms with E-state index in [1.54, 1.807) is 7.11 Å². The molecule has 0 spiro atoms. The summed E-state index contributed by atoms with van der Waals surface area (Å²) in [5.41, 5.74) is 3.94. The van der Waals surface area contributed by atoms with E-state index in [0.29, 0.717) is 11.5 Å². The summed E-state index contributed by atoms with van der Waals surface area (Å²) in [6, 6.07) is 19.7. The van der Waals surface area contributed by atoms with Gasteiger partial charge in [0.1, 0.15) is 6.07 Å². The van der Waals surface area contributed by atoms with Gasteiger partial charge in [-0.15, -0.1) is 0 Å². The van der Waals surface area contributed by atoms with Crippen molar-refractivity contribution in [2.45, 2.75) is 6.92 Å². The van der Waals surface area contributed by atoms with Crippen molar-refractivity contribution in [3.05, 3.63) is 65.9 Å². The molecule has 25 heavy (non-hydrogen) atoms. The van der Waals surface area contributed by atoms with Gasteiger partial charge in [0, 0.05) is 5.39 Å². The smallest absolute Gasteiger partial charge is 0.174 e. The van der Waals surface area contributed by atoms with Gasteiger partial charge in [-0.2, -0.15) is 5.26 Å². The molecule has 4 heteroatoms. The van der Waals surface area contributed by atoms with Gasteiger partial charge in [-0.05, 0) is 48.4 Å². The largest absolute Gasteiger partial charge is 0.493 e. The molecule has 0 saturated carbocycles. The Morgan fingerprint density at radius 3 is 2.76 bits per heavy atom. The molecule has 0 bridgehead atoms. The lowest BCUT2D eigenvalue weighted by atomic mass is 10.1. The summed E-state index contributed by atoms with van der Waals surface area (Å²) < 4.78 is 10.7. The van der Waals surface area contributed by atoms with Gasteiger partial charge in [-0.25, -0.2) is 4.98 Å². The SMILES string of the molecule is COc1cc(C=C(C)c2ccc3ccccc3n2)ccc1OCC#N. The number of nitriles is 1. The van der Waals surface area contributed by atoms with E-state index in [4.69, 9.17) is 19.7 Å². The second-order valence-corrected chi connectivity index (χ2v) is 5.57. The van der Waals surface area contributed by atoms with Gasteiger partial charge in [0.2, 0.25) is 0 Å². The zero-order chi connectivity index (χ0) is 17.6. The zero-order valence-electron chi connectivity index (χ0n) is 14.2. The Balaban J connectivity index is 1.91. The molecule has 4 nitrogen and oxygen atoms in total. The molecule has 3 rings (SSSR count). The third kappa shape index (κ3) is 3.78. The van der Waals surface area contributed by atoms with Gasteiger partial charge in [0.25, 0.3) is 0 Å². The molecular formula is C21H18N2O2. The zero-order valence-corrected chi connectivity index (χ0v) is 14.2. The molecule has 0 aliphatic heterocycles. The van der Waals surface area contributed by atoms with Crippen molar-refractivity contribution in [2.24, 2.45) is 0 Å². The van der Waals surface area contributed by atoms with Crippen LogP contribution in [0.15, 0.2) is 54.6 Å². The molecule has 2 aromatic carbocycles. The highest BCUT2D eigenvalue weighted by Crippen LogP contribution is 2.29. The number of hydrogen-bond donors (Lipinski definition) is 0. The van der Waals surface area contributed by atoms with Crippen LogP contribution in [0.1, 0.15) is 18.2 Å². The Bertz CT molecular complexity index is 971. The number of benzene rings is 2. The number of para-hydroxylation sites is 1. The summed E-state index contributed by atoms with van der Waals surface area (Å²) in [5, 5.41) is 9.76. The molecule has 124 valence electrons. The molecule has 3 aromatic rings. The molecule has 0 atom stereocenters. The monoisotopic (exact) mass is 330 g/mol. The normalized spacial score (nSPS) is 11.2. The van der Waals surface area contributed by atoms with Crippen molar-refractivity contribution < 1.29 is 9.47 Å².